The van der Waals surface area contributed by atoms with Crippen LogP contribution in [0.4, 0.5) is 0 Å². The van der Waals surface area contributed by atoms with E-state index in [1.165, 1.54) is 0 Å². The zero-order valence-electron chi connectivity index (χ0n) is 6.76. The van der Waals surface area contributed by atoms with Gasteiger partial charge in [-0.25, -0.2) is 0 Å². The molecule has 0 fully saturated rings. The summed E-state index contributed by atoms with van der Waals surface area (Å²) in [5, 5.41) is 0. The smallest absolute Gasteiger partial charge is 0.0428 e. The number of rotatable bonds is 2. The lowest BCUT2D eigenvalue weighted by Gasteiger charge is -1.86. The Morgan fingerprint density at radius 3 is 3.08 bits per heavy atom. The van der Waals surface area contributed by atoms with Crippen molar-refractivity contribution in [3.8, 4) is 11.8 Å². The molecule has 1 rings (SSSR count). The van der Waals surface area contributed by atoms with Gasteiger partial charge in [-0.15, -0.1) is 11.6 Å². The van der Waals surface area contributed by atoms with Crippen LogP contribution in [0.2, 0.25) is 0 Å². The molecule has 0 aliphatic rings. The molecule has 0 spiro atoms. The minimum atomic E-state index is 0.682. The average Bonchev–Trinajstić information content (AvgIpc) is 2.14. The summed E-state index contributed by atoms with van der Waals surface area (Å²) in [6.07, 6.45) is 5.31. The molecule has 0 unspecified atom stereocenters. The van der Waals surface area contributed by atoms with Crippen LogP contribution >= 0.6 is 11.6 Å². The maximum atomic E-state index is 5.50. The molecule has 1 aromatic rings. The molecular weight excluding hydrogens is 170 g/mol. The van der Waals surface area contributed by atoms with Gasteiger partial charge in [0.05, 0.1) is 0 Å². The summed E-state index contributed by atoms with van der Waals surface area (Å²) in [4.78, 5) is 3.96. The lowest BCUT2D eigenvalue weighted by atomic mass is 10.2. The first kappa shape index (κ1) is 9.09. The van der Waals surface area contributed by atoms with E-state index in [1.807, 2.05) is 12.1 Å². The van der Waals surface area contributed by atoms with Gasteiger partial charge < -0.3 is 0 Å². The van der Waals surface area contributed by atoms with E-state index in [0.717, 1.165) is 18.4 Å². The molecule has 0 saturated carbocycles. The minimum absolute atomic E-state index is 0.682. The van der Waals surface area contributed by atoms with Crippen molar-refractivity contribution in [3.05, 3.63) is 30.1 Å². The second kappa shape index (κ2) is 5.62. The summed E-state index contributed by atoms with van der Waals surface area (Å²) in [6, 6.07) is 3.83. The molecule has 0 aliphatic carbocycles. The first-order chi connectivity index (χ1) is 5.93. The summed E-state index contributed by atoms with van der Waals surface area (Å²) in [5.74, 6) is 6.72. The topological polar surface area (TPSA) is 12.9 Å². The van der Waals surface area contributed by atoms with E-state index < -0.39 is 0 Å². The predicted molar refractivity (Wildman–Crippen MR) is 51.1 cm³/mol. The SMILES string of the molecule is ClCCCC#Cc1cccnc1. The lowest BCUT2D eigenvalue weighted by Crippen LogP contribution is -1.76. The van der Waals surface area contributed by atoms with E-state index in [1.54, 1.807) is 12.4 Å². The van der Waals surface area contributed by atoms with Crippen LogP contribution in [0, 0.1) is 11.8 Å². The van der Waals surface area contributed by atoms with Crippen molar-refractivity contribution in [2.45, 2.75) is 12.8 Å². The van der Waals surface area contributed by atoms with Gasteiger partial charge in [-0.2, -0.15) is 0 Å². The number of alkyl halides is 1. The van der Waals surface area contributed by atoms with Gasteiger partial charge in [0.15, 0.2) is 0 Å². The molecule has 0 saturated heterocycles. The highest BCUT2D eigenvalue weighted by Gasteiger charge is 1.82. The van der Waals surface area contributed by atoms with Crippen LogP contribution in [0.5, 0.6) is 0 Å². The number of hydrogen-bond donors (Lipinski definition) is 0. The monoisotopic (exact) mass is 179 g/mol. The van der Waals surface area contributed by atoms with E-state index in [2.05, 4.69) is 16.8 Å². The fourth-order valence-corrected chi connectivity index (χ4v) is 0.890. The van der Waals surface area contributed by atoms with Crippen molar-refractivity contribution in [1.29, 1.82) is 0 Å². The zero-order chi connectivity index (χ0) is 8.65. The predicted octanol–water partition coefficient (Wildman–Crippen LogP) is 2.45. The third kappa shape index (κ3) is 3.41. The maximum absolute atomic E-state index is 5.50. The summed E-state index contributed by atoms with van der Waals surface area (Å²) >= 11 is 5.50. The highest BCUT2D eigenvalue weighted by atomic mass is 35.5. The van der Waals surface area contributed by atoms with Gasteiger partial charge in [0.1, 0.15) is 0 Å². The number of nitrogens with zero attached hydrogens (tertiary/aromatic N) is 1. The number of unbranched alkanes of at least 4 members (excludes halogenated alkanes) is 1. The Bertz CT molecular complexity index is 271. The van der Waals surface area contributed by atoms with Crippen molar-refractivity contribution in [2.75, 3.05) is 5.88 Å². The second-order valence-corrected chi connectivity index (χ2v) is 2.71. The van der Waals surface area contributed by atoms with Gasteiger partial charge >= 0.3 is 0 Å². The molecule has 0 amide bonds. The molecule has 62 valence electrons. The summed E-state index contributed by atoms with van der Waals surface area (Å²) in [6.45, 7) is 0. The van der Waals surface area contributed by atoms with Gasteiger partial charge in [-0.3, -0.25) is 4.98 Å². The summed E-state index contributed by atoms with van der Waals surface area (Å²) in [5.41, 5.74) is 0.965. The maximum Gasteiger partial charge on any atom is 0.0428 e. The molecule has 0 aliphatic heterocycles. The van der Waals surface area contributed by atoms with E-state index >= 15 is 0 Å². The van der Waals surface area contributed by atoms with Gasteiger partial charge in [0.2, 0.25) is 0 Å². The molecule has 2 heteroatoms. The van der Waals surface area contributed by atoms with Crippen LogP contribution < -0.4 is 0 Å². The molecule has 12 heavy (non-hydrogen) atoms. The first-order valence-electron chi connectivity index (χ1n) is 3.88. The number of hydrogen-bond acceptors (Lipinski definition) is 1. The van der Waals surface area contributed by atoms with Gasteiger partial charge in [-0.05, 0) is 18.6 Å². The van der Waals surface area contributed by atoms with Crippen molar-refractivity contribution >= 4 is 11.6 Å². The zero-order valence-corrected chi connectivity index (χ0v) is 7.51. The molecule has 1 heterocycles. The van der Waals surface area contributed by atoms with Crippen LogP contribution in [-0.4, -0.2) is 10.9 Å². The fraction of sp³-hybridized carbons (Fsp3) is 0.300. The Balaban J connectivity index is 2.44. The number of pyridine rings is 1. The standard InChI is InChI=1S/C10H10ClN/c11-7-3-1-2-5-10-6-4-8-12-9-10/h4,6,8-9H,1,3,7H2. The first-order valence-corrected chi connectivity index (χ1v) is 4.42. The van der Waals surface area contributed by atoms with Crippen molar-refractivity contribution < 1.29 is 0 Å². The number of aromatic nitrogens is 1. The fourth-order valence-electron chi connectivity index (χ4n) is 0.756. The van der Waals surface area contributed by atoms with Gasteiger partial charge in [0.25, 0.3) is 0 Å². The van der Waals surface area contributed by atoms with Crippen molar-refractivity contribution in [3.63, 3.8) is 0 Å². The van der Waals surface area contributed by atoms with Crippen LogP contribution in [0.25, 0.3) is 0 Å². The largest absolute Gasteiger partial charge is 0.263 e. The Morgan fingerprint density at radius 2 is 2.42 bits per heavy atom. The second-order valence-electron chi connectivity index (χ2n) is 2.34. The highest BCUT2D eigenvalue weighted by Crippen LogP contribution is 1.93. The highest BCUT2D eigenvalue weighted by molar-refractivity contribution is 6.17. The van der Waals surface area contributed by atoms with Crippen molar-refractivity contribution in [2.24, 2.45) is 0 Å². The quantitative estimate of drug-likeness (QED) is 0.386. The minimum Gasteiger partial charge on any atom is -0.263 e. The Kier molecular flexibility index (Phi) is 4.26. The van der Waals surface area contributed by atoms with Gasteiger partial charge in [0, 0.05) is 30.3 Å². The molecule has 1 aromatic heterocycles. The molecule has 0 aromatic carbocycles. The van der Waals surface area contributed by atoms with Crippen LogP contribution in [0.3, 0.4) is 0 Å². The Hall–Kier alpha value is -1.00. The summed E-state index contributed by atoms with van der Waals surface area (Å²) < 4.78 is 0. The molecule has 0 atom stereocenters. The summed E-state index contributed by atoms with van der Waals surface area (Å²) in [7, 11) is 0. The Labute approximate surface area is 77.8 Å². The lowest BCUT2D eigenvalue weighted by molar-refractivity contribution is 0.991. The van der Waals surface area contributed by atoms with Crippen molar-refractivity contribution in [1.82, 2.24) is 4.98 Å². The van der Waals surface area contributed by atoms with E-state index in [9.17, 15) is 0 Å². The number of halogens is 1. The third-order valence-electron chi connectivity index (χ3n) is 1.33. The Morgan fingerprint density at radius 1 is 1.50 bits per heavy atom. The molecule has 0 N–H and O–H groups in total. The van der Waals surface area contributed by atoms with Crippen LogP contribution in [0.15, 0.2) is 24.5 Å². The average molecular weight is 180 g/mol. The molecule has 0 bridgehead atoms. The molecular formula is C10H10ClN. The van der Waals surface area contributed by atoms with Crippen LogP contribution in [0.1, 0.15) is 18.4 Å². The molecule has 1 nitrogen and oxygen atoms in total. The van der Waals surface area contributed by atoms with E-state index in [4.69, 9.17) is 11.6 Å². The van der Waals surface area contributed by atoms with Gasteiger partial charge in [-0.1, -0.05) is 11.8 Å². The van der Waals surface area contributed by atoms with E-state index in [-0.39, 0.29) is 0 Å². The van der Waals surface area contributed by atoms with Crippen LogP contribution in [-0.2, 0) is 0 Å². The van der Waals surface area contributed by atoms with E-state index in [0.29, 0.717) is 5.88 Å². The normalized spacial score (nSPS) is 8.75. The third-order valence-corrected chi connectivity index (χ3v) is 1.60. The molecule has 0 radical (unpaired) electrons.